The van der Waals surface area contributed by atoms with Gasteiger partial charge in [0.25, 0.3) is 5.91 Å². The van der Waals surface area contributed by atoms with Crippen molar-refractivity contribution in [2.24, 2.45) is 0 Å². The second-order valence-corrected chi connectivity index (χ2v) is 4.62. The molecule has 0 atom stereocenters. The zero-order valence-corrected chi connectivity index (χ0v) is 12.1. The van der Waals surface area contributed by atoms with Crippen molar-refractivity contribution in [1.29, 1.82) is 0 Å². The number of rotatable bonds is 5. The second-order valence-electron chi connectivity index (χ2n) is 4.62. The summed E-state index contributed by atoms with van der Waals surface area (Å²) in [6.07, 6.45) is 3.87. The van der Waals surface area contributed by atoms with Crippen molar-refractivity contribution in [3.8, 4) is 0 Å². The molecule has 0 aliphatic rings. The van der Waals surface area contributed by atoms with Crippen LogP contribution in [0.15, 0.2) is 30.6 Å². The molecule has 0 bridgehead atoms. The zero-order chi connectivity index (χ0) is 14.5. The summed E-state index contributed by atoms with van der Waals surface area (Å²) in [6.45, 7) is 5.56. The first-order valence-corrected chi connectivity index (χ1v) is 6.72. The van der Waals surface area contributed by atoms with E-state index in [1.807, 2.05) is 42.2 Å². The van der Waals surface area contributed by atoms with Gasteiger partial charge in [0.15, 0.2) is 0 Å². The van der Waals surface area contributed by atoms with Gasteiger partial charge in [-0.1, -0.05) is 6.07 Å². The van der Waals surface area contributed by atoms with Gasteiger partial charge in [0.05, 0.1) is 6.20 Å². The summed E-state index contributed by atoms with van der Waals surface area (Å²) in [5, 5.41) is 10.2. The Hall–Kier alpha value is -2.30. The smallest absolute Gasteiger partial charge is 0.251 e. The van der Waals surface area contributed by atoms with E-state index in [4.69, 9.17) is 0 Å². The molecular formula is C15H20N4O. The van der Waals surface area contributed by atoms with Crippen molar-refractivity contribution in [2.75, 3.05) is 12.4 Å². The number of carbonyl (C=O) groups excluding carboxylic acids is 1. The summed E-state index contributed by atoms with van der Waals surface area (Å²) >= 11 is 0. The molecule has 2 aromatic rings. The Morgan fingerprint density at radius 3 is 2.85 bits per heavy atom. The van der Waals surface area contributed by atoms with Gasteiger partial charge in [0, 0.05) is 43.1 Å². The van der Waals surface area contributed by atoms with E-state index in [0.29, 0.717) is 12.1 Å². The van der Waals surface area contributed by atoms with Crippen LogP contribution in [0.25, 0.3) is 0 Å². The van der Waals surface area contributed by atoms with Crippen LogP contribution in [0.2, 0.25) is 0 Å². The Morgan fingerprint density at radius 2 is 2.20 bits per heavy atom. The first-order chi connectivity index (χ1) is 9.65. The van der Waals surface area contributed by atoms with Crippen LogP contribution in [0.4, 0.5) is 5.69 Å². The molecule has 5 nitrogen and oxygen atoms in total. The van der Waals surface area contributed by atoms with Crippen molar-refractivity contribution in [1.82, 2.24) is 15.1 Å². The van der Waals surface area contributed by atoms with E-state index in [9.17, 15) is 4.79 Å². The average Bonchev–Trinajstić information content (AvgIpc) is 2.93. The van der Waals surface area contributed by atoms with Gasteiger partial charge in [-0.15, -0.1) is 0 Å². The van der Waals surface area contributed by atoms with E-state index in [1.165, 1.54) is 0 Å². The Bertz CT molecular complexity index is 604. The number of nitrogens with zero attached hydrogens (tertiary/aromatic N) is 2. The minimum Gasteiger partial charge on any atom is -0.381 e. The fourth-order valence-electron chi connectivity index (χ4n) is 2.08. The van der Waals surface area contributed by atoms with Crippen LogP contribution in [0, 0.1) is 6.92 Å². The van der Waals surface area contributed by atoms with Crippen LogP contribution < -0.4 is 10.6 Å². The monoisotopic (exact) mass is 272 g/mol. The molecule has 0 spiro atoms. The molecule has 1 aromatic heterocycles. The van der Waals surface area contributed by atoms with Crippen LogP contribution in [0.1, 0.15) is 28.4 Å². The number of hydrogen-bond donors (Lipinski definition) is 2. The van der Waals surface area contributed by atoms with Crippen LogP contribution in [-0.2, 0) is 13.1 Å². The summed E-state index contributed by atoms with van der Waals surface area (Å²) in [5.74, 6) is -0.0649. The maximum atomic E-state index is 11.8. The second kappa shape index (κ2) is 6.23. The fourth-order valence-corrected chi connectivity index (χ4v) is 2.08. The first-order valence-electron chi connectivity index (χ1n) is 6.72. The molecule has 0 fully saturated rings. The summed E-state index contributed by atoms with van der Waals surface area (Å²) in [5.41, 5.74) is 3.74. The molecule has 1 amide bonds. The quantitative estimate of drug-likeness (QED) is 0.877. The third-order valence-corrected chi connectivity index (χ3v) is 3.30. The fraction of sp³-hybridized carbons (Fsp3) is 0.333. The lowest BCUT2D eigenvalue weighted by Gasteiger charge is -2.12. The Morgan fingerprint density at radius 1 is 1.40 bits per heavy atom. The topological polar surface area (TPSA) is 59.0 Å². The number of nitrogens with one attached hydrogen (secondary N) is 2. The van der Waals surface area contributed by atoms with Crippen LogP contribution in [0.5, 0.6) is 0 Å². The molecule has 0 aliphatic heterocycles. The average molecular weight is 272 g/mol. The van der Waals surface area contributed by atoms with Gasteiger partial charge in [-0.25, -0.2) is 0 Å². The standard InChI is InChI=1S/C15H20N4O/c1-4-19-10-12(9-18-19)8-17-14-7-5-6-13(11(14)2)15(20)16-3/h5-7,9-10,17H,4,8H2,1-3H3,(H,16,20). The molecule has 1 aromatic carbocycles. The predicted octanol–water partition coefficient (Wildman–Crippen LogP) is 2.18. The highest BCUT2D eigenvalue weighted by Crippen LogP contribution is 2.19. The summed E-state index contributed by atoms with van der Waals surface area (Å²) in [6, 6.07) is 5.69. The van der Waals surface area contributed by atoms with E-state index >= 15 is 0 Å². The van der Waals surface area contributed by atoms with Crippen molar-refractivity contribution in [3.63, 3.8) is 0 Å². The maximum absolute atomic E-state index is 11.8. The number of aromatic nitrogens is 2. The summed E-state index contributed by atoms with van der Waals surface area (Å²) < 4.78 is 1.89. The van der Waals surface area contributed by atoms with E-state index in [0.717, 1.165) is 23.4 Å². The highest BCUT2D eigenvalue weighted by Gasteiger charge is 2.09. The number of carbonyl (C=O) groups is 1. The normalized spacial score (nSPS) is 10.3. The third-order valence-electron chi connectivity index (χ3n) is 3.30. The molecule has 5 heteroatoms. The van der Waals surface area contributed by atoms with Gasteiger partial charge in [0.2, 0.25) is 0 Å². The highest BCUT2D eigenvalue weighted by atomic mass is 16.1. The highest BCUT2D eigenvalue weighted by molar-refractivity contribution is 5.96. The van der Waals surface area contributed by atoms with Crippen molar-refractivity contribution in [2.45, 2.75) is 26.9 Å². The van der Waals surface area contributed by atoms with E-state index in [2.05, 4.69) is 22.7 Å². The largest absolute Gasteiger partial charge is 0.381 e. The number of aryl methyl sites for hydroxylation is 1. The van der Waals surface area contributed by atoms with Crippen molar-refractivity contribution in [3.05, 3.63) is 47.3 Å². The van der Waals surface area contributed by atoms with Crippen molar-refractivity contribution >= 4 is 11.6 Å². The molecule has 20 heavy (non-hydrogen) atoms. The molecule has 0 unspecified atom stereocenters. The van der Waals surface area contributed by atoms with E-state index < -0.39 is 0 Å². The molecule has 106 valence electrons. The Kier molecular flexibility index (Phi) is 4.40. The predicted molar refractivity (Wildman–Crippen MR) is 79.8 cm³/mol. The number of benzene rings is 1. The van der Waals surface area contributed by atoms with Gasteiger partial charge in [-0.3, -0.25) is 9.48 Å². The summed E-state index contributed by atoms with van der Waals surface area (Å²) in [4.78, 5) is 11.8. The number of amides is 1. The van der Waals surface area contributed by atoms with E-state index in [1.54, 1.807) is 7.05 Å². The Balaban J connectivity index is 2.11. The summed E-state index contributed by atoms with van der Waals surface area (Å²) in [7, 11) is 1.64. The molecular weight excluding hydrogens is 252 g/mol. The SMILES string of the molecule is CCn1cc(CNc2cccc(C(=O)NC)c2C)cn1. The lowest BCUT2D eigenvalue weighted by atomic mass is 10.1. The minimum atomic E-state index is -0.0649. The van der Waals surface area contributed by atoms with E-state index in [-0.39, 0.29) is 5.91 Å². The molecule has 0 saturated carbocycles. The number of anilines is 1. The molecule has 2 rings (SSSR count). The lowest BCUT2D eigenvalue weighted by Crippen LogP contribution is -2.19. The molecule has 0 saturated heterocycles. The van der Waals surface area contributed by atoms with Gasteiger partial charge in [0.1, 0.15) is 0 Å². The zero-order valence-electron chi connectivity index (χ0n) is 12.1. The van der Waals surface area contributed by atoms with Gasteiger partial charge >= 0.3 is 0 Å². The van der Waals surface area contributed by atoms with Gasteiger partial charge < -0.3 is 10.6 Å². The number of hydrogen-bond acceptors (Lipinski definition) is 3. The van der Waals surface area contributed by atoms with Crippen LogP contribution in [-0.4, -0.2) is 22.7 Å². The van der Waals surface area contributed by atoms with Gasteiger partial charge in [-0.05, 0) is 31.5 Å². The van der Waals surface area contributed by atoms with Crippen LogP contribution in [0.3, 0.4) is 0 Å². The third kappa shape index (κ3) is 2.99. The maximum Gasteiger partial charge on any atom is 0.251 e. The Labute approximate surface area is 119 Å². The van der Waals surface area contributed by atoms with Gasteiger partial charge in [-0.2, -0.15) is 5.10 Å². The molecule has 2 N–H and O–H groups in total. The molecule has 0 aliphatic carbocycles. The van der Waals surface area contributed by atoms with Crippen LogP contribution >= 0.6 is 0 Å². The first kappa shape index (κ1) is 14.1. The molecule has 0 radical (unpaired) electrons. The minimum absolute atomic E-state index is 0.0649. The van der Waals surface area contributed by atoms with Crippen molar-refractivity contribution < 1.29 is 4.79 Å². The lowest BCUT2D eigenvalue weighted by molar-refractivity contribution is 0.0962. The molecule has 1 heterocycles.